The SMILES string of the molecule is C[CH]SCCCCCCC. The molecule has 0 aromatic heterocycles. The van der Waals surface area contributed by atoms with Gasteiger partial charge in [-0.25, -0.2) is 0 Å². The van der Waals surface area contributed by atoms with Crippen molar-refractivity contribution in [2.45, 2.75) is 46.0 Å². The zero-order valence-corrected chi connectivity index (χ0v) is 8.04. The second kappa shape index (κ2) is 9.35. The molecule has 0 aromatic rings. The Morgan fingerprint density at radius 3 is 2.40 bits per heavy atom. The molecule has 0 rings (SSSR count). The molecule has 0 nitrogen and oxygen atoms in total. The van der Waals surface area contributed by atoms with Crippen molar-refractivity contribution in [3.8, 4) is 0 Å². The number of hydrogen-bond donors (Lipinski definition) is 0. The molecule has 0 unspecified atom stereocenters. The van der Waals surface area contributed by atoms with E-state index in [0.717, 1.165) is 0 Å². The first kappa shape index (κ1) is 10.3. The van der Waals surface area contributed by atoms with Crippen molar-refractivity contribution >= 4 is 11.8 Å². The average Bonchev–Trinajstić information content (AvgIpc) is 1.97. The van der Waals surface area contributed by atoms with Gasteiger partial charge in [-0.3, -0.25) is 0 Å². The van der Waals surface area contributed by atoms with Crippen molar-refractivity contribution < 1.29 is 0 Å². The smallest absolute Gasteiger partial charge is 0.0135 e. The largest absolute Gasteiger partial charge is 0.158 e. The zero-order valence-electron chi connectivity index (χ0n) is 7.23. The Bertz CT molecular complexity index is 44.7. The Morgan fingerprint density at radius 2 is 1.80 bits per heavy atom. The highest BCUT2D eigenvalue weighted by Crippen LogP contribution is 2.09. The average molecular weight is 159 g/mol. The standard InChI is InChI=1S/C9H19S/c1-3-5-6-7-8-9-10-4-2/h4H,3,5-9H2,1-2H3. The van der Waals surface area contributed by atoms with E-state index >= 15 is 0 Å². The molecule has 0 fully saturated rings. The van der Waals surface area contributed by atoms with Crippen LogP contribution in [-0.2, 0) is 0 Å². The van der Waals surface area contributed by atoms with Crippen LogP contribution in [0.2, 0.25) is 0 Å². The first-order chi connectivity index (χ1) is 4.91. The van der Waals surface area contributed by atoms with Crippen molar-refractivity contribution in [1.82, 2.24) is 0 Å². The van der Waals surface area contributed by atoms with Gasteiger partial charge in [0, 0.05) is 5.75 Å². The third-order valence-corrected chi connectivity index (χ3v) is 2.39. The molecule has 1 heteroatoms. The van der Waals surface area contributed by atoms with Gasteiger partial charge in [0.1, 0.15) is 0 Å². The second-order valence-electron chi connectivity index (χ2n) is 2.52. The summed E-state index contributed by atoms with van der Waals surface area (Å²) < 4.78 is 0. The first-order valence-corrected chi connectivity index (χ1v) is 5.36. The summed E-state index contributed by atoms with van der Waals surface area (Å²) >= 11 is 1.94. The fourth-order valence-corrected chi connectivity index (χ4v) is 1.51. The van der Waals surface area contributed by atoms with E-state index in [9.17, 15) is 0 Å². The summed E-state index contributed by atoms with van der Waals surface area (Å²) in [6.45, 7) is 4.37. The van der Waals surface area contributed by atoms with Crippen LogP contribution in [0.1, 0.15) is 46.0 Å². The second-order valence-corrected chi connectivity index (χ2v) is 3.73. The molecule has 10 heavy (non-hydrogen) atoms. The molecule has 0 saturated heterocycles. The lowest BCUT2D eigenvalue weighted by atomic mass is 10.2. The van der Waals surface area contributed by atoms with E-state index in [1.165, 1.54) is 37.9 Å². The topological polar surface area (TPSA) is 0 Å². The molecule has 0 N–H and O–H groups in total. The highest BCUT2D eigenvalue weighted by Gasteiger charge is 1.87. The quantitative estimate of drug-likeness (QED) is 0.508. The lowest BCUT2D eigenvalue weighted by Gasteiger charge is -1.97. The molecule has 0 heterocycles. The Morgan fingerprint density at radius 1 is 1.10 bits per heavy atom. The van der Waals surface area contributed by atoms with Crippen LogP contribution >= 0.6 is 11.8 Å². The van der Waals surface area contributed by atoms with Gasteiger partial charge in [-0.1, -0.05) is 39.5 Å². The Kier molecular flexibility index (Phi) is 9.68. The maximum absolute atomic E-state index is 2.26. The number of rotatable bonds is 7. The summed E-state index contributed by atoms with van der Waals surface area (Å²) in [6.07, 6.45) is 7.03. The van der Waals surface area contributed by atoms with Gasteiger partial charge in [0.15, 0.2) is 0 Å². The van der Waals surface area contributed by atoms with Gasteiger partial charge >= 0.3 is 0 Å². The van der Waals surface area contributed by atoms with Crippen molar-refractivity contribution in [2.24, 2.45) is 0 Å². The predicted molar refractivity (Wildman–Crippen MR) is 51.2 cm³/mol. The van der Waals surface area contributed by atoms with Crippen molar-refractivity contribution in [3.63, 3.8) is 0 Å². The highest BCUT2D eigenvalue weighted by atomic mass is 32.2. The third kappa shape index (κ3) is 8.35. The lowest BCUT2D eigenvalue weighted by molar-refractivity contribution is 0.659. The number of thioether (sulfide) groups is 1. The molecule has 0 aliphatic heterocycles. The summed E-state index contributed by atoms with van der Waals surface area (Å²) in [5, 5.41) is 0. The van der Waals surface area contributed by atoms with Crippen LogP contribution in [0, 0.1) is 5.75 Å². The minimum atomic E-state index is 1.32. The minimum absolute atomic E-state index is 1.32. The van der Waals surface area contributed by atoms with Crippen molar-refractivity contribution in [1.29, 1.82) is 0 Å². The summed E-state index contributed by atoms with van der Waals surface area (Å²) in [7, 11) is 0. The van der Waals surface area contributed by atoms with Gasteiger partial charge < -0.3 is 0 Å². The molecule has 0 aliphatic carbocycles. The van der Waals surface area contributed by atoms with E-state index in [1.54, 1.807) is 0 Å². The Labute approximate surface area is 69.8 Å². The highest BCUT2D eigenvalue weighted by molar-refractivity contribution is 8.01. The van der Waals surface area contributed by atoms with E-state index in [0.29, 0.717) is 0 Å². The third-order valence-electron chi connectivity index (χ3n) is 1.53. The van der Waals surface area contributed by atoms with Crippen molar-refractivity contribution in [3.05, 3.63) is 5.75 Å². The molecule has 0 aliphatic rings. The predicted octanol–water partition coefficient (Wildman–Crippen LogP) is 3.87. The fourth-order valence-electron chi connectivity index (χ4n) is 0.907. The number of unbranched alkanes of at least 4 members (excludes halogenated alkanes) is 4. The maximum Gasteiger partial charge on any atom is 0.0135 e. The van der Waals surface area contributed by atoms with Gasteiger partial charge in [-0.2, -0.15) is 11.8 Å². The molecular weight excluding hydrogens is 140 g/mol. The molecule has 0 spiro atoms. The molecule has 61 valence electrons. The van der Waals surface area contributed by atoms with Crippen LogP contribution in [0.5, 0.6) is 0 Å². The van der Waals surface area contributed by atoms with Gasteiger partial charge in [-0.05, 0) is 12.2 Å². The van der Waals surface area contributed by atoms with Crippen LogP contribution in [0.15, 0.2) is 0 Å². The van der Waals surface area contributed by atoms with E-state index in [2.05, 4.69) is 19.6 Å². The van der Waals surface area contributed by atoms with Gasteiger partial charge in [-0.15, -0.1) is 0 Å². The summed E-state index contributed by atoms with van der Waals surface area (Å²) in [6, 6.07) is 0. The van der Waals surface area contributed by atoms with E-state index < -0.39 is 0 Å². The van der Waals surface area contributed by atoms with Crippen LogP contribution in [-0.4, -0.2) is 5.75 Å². The normalized spacial score (nSPS) is 10.2. The summed E-state index contributed by atoms with van der Waals surface area (Å²) in [5.41, 5.74) is 0. The van der Waals surface area contributed by atoms with Gasteiger partial charge in [0.2, 0.25) is 0 Å². The monoisotopic (exact) mass is 159 g/mol. The van der Waals surface area contributed by atoms with Crippen LogP contribution < -0.4 is 0 Å². The van der Waals surface area contributed by atoms with E-state index in [4.69, 9.17) is 0 Å². The Hall–Kier alpha value is 0.350. The van der Waals surface area contributed by atoms with Gasteiger partial charge in [0.05, 0.1) is 0 Å². The molecule has 1 radical (unpaired) electrons. The molecule has 0 bridgehead atoms. The van der Waals surface area contributed by atoms with Crippen molar-refractivity contribution in [2.75, 3.05) is 5.75 Å². The first-order valence-electron chi connectivity index (χ1n) is 4.31. The van der Waals surface area contributed by atoms with E-state index in [-0.39, 0.29) is 0 Å². The Balaban J connectivity index is 2.65. The lowest BCUT2D eigenvalue weighted by Crippen LogP contribution is -1.79. The zero-order chi connectivity index (χ0) is 7.66. The van der Waals surface area contributed by atoms with Crippen LogP contribution in [0.4, 0.5) is 0 Å². The molecule has 0 atom stereocenters. The summed E-state index contributed by atoms with van der Waals surface area (Å²) in [5.74, 6) is 3.50. The molecular formula is C9H19S. The van der Waals surface area contributed by atoms with Gasteiger partial charge in [0.25, 0.3) is 0 Å². The maximum atomic E-state index is 2.26. The van der Waals surface area contributed by atoms with Crippen LogP contribution in [0.25, 0.3) is 0 Å². The fraction of sp³-hybridized carbons (Fsp3) is 0.889. The minimum Gasteiger partial charge on any atom is -0.158 e. The molecule has 0 aromatic carbocycles. The van der Waals surface area contributed by atoms with E-state index in [1.807, 2.05) is 11.8 Å². The molecule has 0 amide bonds. The number of hydrogen-bond acceptors (Lipinski definition) is 1. The summed E-state index contributed by atoms with van der Waals surface area (Å²) in [4.78, 5) is 0. The molecule has 0 saturated carbocycles. The van der Waals surface area contributed by atoms with Crippen LogP contribution in [0.3, 0.4) is 0 Å².